The number of carbonyl (C=O) groups is 6. The number of fused-ring (bicyclic) bond motifs is 3. The Balaban J connectivity index is 1.28. The summed E-state index contributed by atoms with van der Waals surface area (Å²) in [6, 6.07) is 0. The van der Waals surface area contributed by atoms with Crippen molar-refractivity contribution in [3.05, 3.63) is 12.2 Å². The van der Waals surface area contributed by atoms with Gasteiger partial charge in [-0.25, -0.2) is 0 Å². The first kappa shape index (κ1) is 42.2. The number of hydrogen-bond donors (Lipinski definition) is 0. The molecule has 0 radical (unpaired) electrons. The lowest BCUT2D eigenvalue weighted by atomic mass is 9.78. The average Bonchev–Trinajstić information content (AvgIpc) is 3.76. The molecular formula is C34H45Br4NO12. The highest BCUT2D eigenvalue weighted by Gasteiger charge is 2.77. The van der Waals surface area contributed by atoms with E-state index in [9.17, 15) is 28.8 Å². The predicted molar refractivity (Wildman–Crippen MR) is 197 cm³/mol. The van der Waals surface area contributed by atoms with Crippen LogP contribution in [0.4, 0.5) is 0 Å². The lowest BCUT2D eigenvalue weighted by Gasteiger charge is -2.29. The fourth-order valence-electron chi connectivity index (χ4n) is 6.68. The zero-order valence-corrected chi connectivity index (χ0v) is 35.2. The van der Waals surface area contributed by atoms with Crippen LogP contribution in [0.5, 0.6) is 0 Å². The van der Waals surface area contributed by atoms with Gasteiger partial charge >= 0.3 is 29.8 Å². The number of epoxide rings is 1. The van der Waals surface area contributed by atoms with E-state index in [2.05, 4.69) is 63.7 Å². The van der Waals surface area contributed by atoms with Crippen molar-refractivity contribution in [2.45, 2.75) is 90.3 Å². The van der Waals surface area contributed by atoms with E-state index in [4.69, 9.17) is 28.4 Å². The van der Waals surface area contributed by atoms with Crippen LogP contribution in [0.2, 0.25) is 0 Å². The second-order valence-corrected chi connectivity index (χ2v) is 17.8. The minimum absolute atomic E-state index is 0.0277. The summed E-state index contributed by atoms with van der Waals surface area (Å²) in [6.45, 7) is 5.19. The van der Waals surface area contributed by atoms with Gasteiger partial charge in [-0.3, -0.25) is 28.8 Å². The van der Waals surface area contributed by atoms with Crippen LogP contribution in [0.1, 0.15) is 59.3 Å². The number of hydrogen-bond acceptors (Lipinski definition) is 12. The van der Waals surface area contributed by atoms with Gasteiger partial charge in [-0.1, -0.05) is 88.7 Å². The molecule has 9 unspecified atom stereocenters. The number of nitrogens with zero attached hydrogens (tertiary/aromatic N) is 1. The molecule has 1 amide bonds. The quantitative estimate of drug-likeness (QED) is 0.0490. The summed E-state index contributed by atoms with van der Waals surface area (Å²) in [7, 11) is 0. The summed E-state index contributed by atoms with van der Waals surface area (Å²) in [4.78, 5) is 75.4. The second-order valence-electron chi connectivity index (χ2n) is 13.4. The van der Waals surface area contributed by atoms with Crippen molar-refractivity contribution in [2.24, 2.45) is 23.2 Å². The van der Waals surface area contributed by atoms with Gasteiger partial charge in [0, 0.05) is 18.4 Å². The Labute approximate surface area is 331 Å². The number of amides is 1. The van der Waals surface area contributed by atoms with Crippen LogP contribution in [-0.2, 0) is 57.2 Å². The Bertz CT molecular complexity index is 1300. The summed E-state index contributed by atoms with van der Waals surface area (Å²) in [5.74, 6) is -2.65. The van der Waals surface area contributed by atoms with Crippen LogP contribution in [0, 0.1) is 23.2 Å². The maximum absolute atomic E-state index is 13.5. The van der Waals surface area contributed by atoms with Crippen LogP contribution in [0.3, 0.4) is 0 Å². The summed E-state index contributed by atoms with van der Waals surface area (Å²) >= 11 is 13.2. The van der Waals surface area contributed by atoms with Gasteiger partial charge in [0.1, 0.15) is 50.1 Å². The highest BCUT2D eigenvalue weighted by atomic mass is 79.9. The molecule has 0 N–H and O–H groups in total. The predicted octanol–water partition coefficient (Wildman–Crippen LogP) is 4.55. The van der Waals surface area contributed by atoms with Crippen LogP contribution < -0.4 is 0 Å². The zero-order valence-electron chi connectivity index (χ0n) is 28.8. The molecule has 4 rings (SSSR count). The van der Waals surface area contributed by atoms with Crippen molar-refractivity contribution < 1.29 is 57.2 Å². The molecule has 286 valence electrons. The van der Waals surface area contributed by atoms with Crippen molar-refractivity contribution in [1.82, 2.24) is 4.90 Å². The highest BCUT2D eigenvalue weighted by molar-refractivity contribution is 9.10. The first-order valence-corrected chi connectivity index (χ1v) is 20.9. The first-order valence-electron chi connectivity index (χ1n) is 17.2. The summed E-state index contributed by atoms with van der Waals surface area (Å²) in [5.41, 5.74) is -1.80. The molecule has 0 aromatic carbocycles. The highest BCUT2D eigenvalue weighted by Crippen LogP contribution is 2.67. The Morgan fingerprint density at radius 2 is 1.29 bits per heavy atom. The Morgan fingerprint density at radius 1 is 0.824 bits per heavy atom. The van der Waals surface area contributed by atoms with Crippen molar-refractivity contribution in [3.8, 4) is 0 Å². The first-order chi connectivity index (χ1) is 24.2. The smallest absolute Gasteiger partial charge is 0.319 e. The molecule has 2 heterocycles. The molecule has 2 aliphatic carbocycles. The maximum atomic E-state index is 13.5. The van der Waals surface area contributed by atoms with Gasteiger partial charge in [0.05, 0.1) is 31.8 Å². The van der Waals surface area contributed by atoms with Gasteiger partial charge in [-0.05, 0) is 46.5 Å². The molecule has 1 spiro atoms. The number of ether oxygens (including phenoxy) is 6. The van der Waals surface area contributed by atoms with Crippen LogP contribution in [0.25, 0.3) is 0 Å². The van der Waals surface area contributed by atoms with Gasteiger partial charge in [0.15, 0.2) is 0 Å². The fraction of sp³-hybridized carbons (Fsp3) is 0.765. The summed E-state index contributed by atoms with van der Waals surface area (Å²) < 4.78 is 32.5. The minimum atomic E-state index is -1.57. The molecular weight excluding hydrogens is 934 g/mol. The molecule has 0 aromatic heterocycles. The van der Waals surface area contributed by atoms with E-state index >= 15 is 0 Å². The molecule has 13 nitrogen and oxygen atoms in total. The largest absolute Gasteiger partial charge is 0.465 e. The maximum Gasteiger partial charge on any atom is 0.319 e. The molecule has 3 fully saturated rings. The van der Waals surface area contributed by atoms with E-state index in [-0.39, 0.29) is 73.7 Å². The Hall–Kier alpha value is -1.56. The molecule has 0 aromatic rings. The van der Waals surface area contributed by atoms with Gasteiger partial charge in [0.25, 0.3) is 0 Å². The third-order valence-electron chi connectivity index (χ3n) is 9.65. The number of likely N-dealkylation sites (tertiary alicyclic amines) is 1. The SMILES string of the molecule is CCOC(=O)C(Br)CCCC(Br)C(=O)OCC(C)(COC(=O)C(Br)CCCC(Br)C(=O)OCC)C(=O)OCCN1CC2C(C1=O)C1C=CC13OC23. The monoisotopic (exact) mass is 975 g/mol. The number of alkyl halides is 4. The molecule has 51 heavy (non-hydrogen) atoms. The summed E-state index contributed by atoms with van der Waals surface area (Å²) in [6.07, 6.45) is 6.73. The van der Waals surface area contributed by atoms with Crippen LogP contribution in [0.15, 0.2) is 12.2 Å². The number of rotatable bonds is 22. The third kappa shape index (κ3) is 10.2. The Kier molecular flexibility index (Phi) is 15.4. The van der Waals surface area contributed by atoms with E-state index in [0.29, 0.717) is 45.1 Å². The number of halogens is 4. The van der Waals surface area contributed by atoms with Crippen molar-refractivity contribution in [2.75, 3.05) is 46.1 Å². The Morgan fingerprint density at radius 3 is 1.73 bits per heavy atom. The minimum Gasteiger partial charge on any atom is -0.465 e. The standard InChI is InChI=1S/C34H45Br4NO12/c1-4-46-28(41)21(35)8-6-10-23(37)30(43)49-17-33(3,18-50-31(44)24(38)11-7-9-22(36)29(42)47-5-2)32(45)48-15-14-39-16-19-25(27(39)40)20-12-13-34(20)26(19)51-34/h12-13,19-26H,4-11,14-18H2,1-3H3. The van der Waals surface area contributed by atoms with E-state index in [1.807, 2.05) is 12.2 Å². The van der Waals surface area contributed by atoms with Crippen molar-refractivity contribution in [3.63, 3.8) is 0 Å². The van der Waals surface area contributed by atoms with Crippen molar-refractivity contribution in [1.29, 1.82) is 0 Å². The van der Waals surface area contributed by atoms with Gasteiger partial charge in [-0.15, -0.1) is 0 Å². The van der Waals surface area contributed by atoms with E-state index < -0.39 is 55.8 Å². The van der Waals surface area contributed by atoms with E-state index in [1.54, 1.807) is 18.7 Å². The fourth-order valence-corrected chi connectivity index (χ4v) is 8.50. The molecule has 4 aliphatic rings. The molecule has 17 heteroatoms. The number of carbonyl (C=O) groups excluding carboxylic acids is 6. The van der Waals surface area contributed by atoms with Crippen molar-refractivity contribution >= 4 is 99.5 Å². The molecule has 2 saturated heterocycles. The van der Waals surface area contributed by atoms with E-state index in [0.717, 1.165) is 0 Å². The normalized spacial score (nSPS) is 27.4. The van der Waals surface area contributed by atoms with Gasteiger partial charge < -0.3 is 33.3 Å². The molecule has 9 atom stereocenters. The lowest BCUT2D eigenvalue weighted by molar-refractivity contribution is -0.170. The van der Waals surface area contributed by atoms with Gasteiger partial charge in [-0.2, -0.15) is 0 Å². The van der Waals surface area contributed by atoms with E-state index in [1.165, 1.54) is 6.92 Å². The average molecular weight is 979 g/mol. The topological polar surface area (TPSA) is 164 Å². The lowest BCUT2D eigenvalue weighted by Crippen LogP contribution is -2.43. The second kappa shape index (κ2) is 18.7. The molecule has 1 saturated carbocycles. The van der Waals surface area contributed by atoms with Crippen LogP contribution >= 0.6 is 63.7 Å². The third-order valence-corrected chi connectivity index (χ3v) is 13.0. The van der Waals surface area contributed by atoms with Gasteiger partial charge in [0.2, 0.25) is 5.91 Å². The van der Waals surface area contributed by atoms with Crippen LogP contribution in [-0.4, -0.2) is 118 Å². The summed E-state index contributed by atoms with van der Waals surface area (Å²) in [5, 5.41) is 0. The number of esters is 5. The molecule has 0 bridgehead atoms. The zero-order chi connectivity index (χ0) is 37.5. The molecule has 2 aliphatic heterocycles.